The van der Waals surface area contributed by atoms with Crippen molar-refractivity contribution in [1.82, 2.24) is 4.98 Å². The smallest absolute Gasteiger partial charge is 0.390 e. The Labute approximate surface area is 85.7 Å². The molecule has 1 rings (SSSR count). The predicted octanol–water partition coefficient (Wildman–Crippen LogP) is 2.05. The Morgan fingerprint density at radius 1 is 1.40 bits per heavy atom. The highest BCUT2D eigenvalue weighted by atomic mass is 19.4. The van der Waals surface area contributed by atoms with Crippen LogP contribution in [0.2, 0.25) is 0 Å². The van der Waals surface area contributed by atoms with E-state index in [1.807, 2.05) is 0 Å². The molecule has 1 aromatic rings. The lowest BCUT2D eigenvalue weighted by atomic mass is 10.3. The Balaban J connectivity index is 2.54. The molecule has 0 atom stereocenters. The first-order chi connectivity index (χ1) is 6.88. The molecule has 6 heteroatoms. The Kier molecular flexibility index (Phi) is 3.39. The van der Waals surface area contributed by atoms with Crippen LogP contribution in [0.3, 0.4) is 0 Å². The third-order valence-electron chi connectivity index (χ3n) is 1.89. The van der Waals surface area contributed by atoms with Crippen LogP contribution >= 0.6 is 0 Å². The van der Waals surface area contributed by atoms with Gasteiger partial charge in [0.2, 0.25) is 0 Å². The number of rotatable bonds is 3. The lowest BCUT2D eigenvalue weighted by Gasteiger charge is -2.18. The van der Waals surface area contributed by atoms with Crippen LogP contribution in [0.5, 0.6) is 0 Å². The topological polar surface area (TPSA) is 42.1 Å². The maximum atomic E-state index is 11.9. The molecule has 0 fully saturated rings. The van der Waals surface area contributed by atoms with Crippen LogP contribution in [0.4, 0.5) is 24.7 Å². The molecule has 84 valence electrons. The molecule has 0 amide bonds. The van der Waals surface area contributed by atoms with Crippen LogP contribution in [-0.2, 0) is 0 Å². The van der Waals surface area contributed by atoms with Crippen molar-refractivity contribution < 1.29 is 13.2 Å². The molecule has 0 aliphatic heterocycles. The molecule has 3 nitrogen and oxygen atoms in total. The summed E-state index contributed by atoms with van der Waals surface area (Å²) in [5.74, 6) is 0.480. The molecule has 0 unspecified atom stereocenters. The fourth-order valence-electron chi connectivity index (χ4n) is 1.03. The average molecular weight is 219 g/mol. The first-order valence-electron chi connectivity index (χ1n) is 4.38. The zero-order valence-corrected chi connectivity index (χ0v) is 8.25. The van der Waals surface area contributed by atoms with Gasteiger partial charge in [-0.3, -0.25) is 0 Å². The van der Waals surface area contributed by atoms with E-state index in [2.05, 4.69) is 4.98 Å². The van der Waals surface area contributed by atoms with Crippen LogP contribution in [0.15, 0.2) is 18.3 Å². The quantitative estimate of drug-likeness (QED) is 0.846. The molecule has 0 aliphatic carbocycles. The number of aromatic nitrogens is 1. The minimum Gasteiger partial charge on any atom is -0.397 e. The molecule has 0 saturated carbocycles. The molecular formula is C9H12F3N3. The molecular weight excluding hydrogens is 207 g/mol. The van der Waals surface area contributed by atoms with E-state index in [0.717, 1.165) is 0 Å². The molecule has 15 heavy (non-hydrogen) atoms. The van der Waals surface area contributed by atoms with Crippen LogP contribution in [0.25, 0.3) is 0 Å². The number of nitrogen functional groups attached to an aromatic ring is 1. The van der Waals surface area contributed by atoms with E-state index in [-0.39, 0.29) is 6.54 Å². The zero-order valence-electron chi connectivity index (χ0n) is 8.25. The third-order valence-corrected chi connectivity index (χ3v) is 1.89. The normalized spacial score (nSPS) is 11.5. The van der Waals surface area contributed by atoms with Gasteiger partial charge in [0.25, 0.3) is 0 Å². The Morgan fingerprint density at radius 2 is 2.07 bits per heavy atom. The Hall–Kier alpha value is -1.46. The highest BCUT2D eigenvalue weighted by Gasteiger charge is 2.27. The van der Waals surface area contributed by atoms with Crippen molar-refractivity contribution >= 4 is 11.5 Å². The van der Waals surface area contributed by atoms with E-state index in [1.54, 1.807) is 19.2 Å². The monoisotopic (exact) mass is 219 g/mol. The van der Waals surface area contributed by atoms with Gasteiger partial charge in [-0.05, 0) is 12.1 Å². The van der Waals surface area contributed by atoms with Gasteiger partial charge < -0.3 is 10.6 Å². The minimum atomic E-state index is -4.14. The van der Waals surface area contributed by atoms with Crippen LogP contribution in [-0.4, -0.2) is 24.8 Å². The van der Waals surface area contributed by atoms with Gasteiger partial charge in [-0.2, -0.15) is 13.2 Å². The van der Waals surface area contributed by atoms with Crippen LogP contribution < -0.4 is 10.6 Å². The summed E-state index contributed by atoms with van der Waals surface area (Å²) in [5, 5.41) is 0. The number of anilines is 2. The van der Waals surface area contributed by atoms with Crippen LogP contribution in [0, 0.1) is 0 Å². The Bertz CT molecular complexity index is 307. The Morgan fingerprint density at radius 3 is 2.53 bits per heavy atom. The lowest BCUT2D eigenvalue weighted by molar-refractivity contribution is -0.132. The van der Waals surface area contributed by atoms with Gasteiger partial charge in [-0.25, -0.2) is 4.98 Å². The van der Waals surface area contributed by atoms with Gasteiger partial charge >= 0.3 is 6.18 Å². The number of halogens is 3. The SMILES string of the molecule is CN(CCC(F)(F)F)c1ccc(N)cn1. The van der Waals surface area contributed by atoms with E-state index in [1.165, 1.54) is 11.1 Å². The second-order valence-electron chi connectivity index (χ2n) is 3.24. The van der Waals surface area contributed by atoms with Gasteiger partial charge in [0.1, 0.15) is 5.82 Å². The maximum absolute atomic E-state index is 11.9. The van der Waals surface area contributed by atoms with E-state index in [0.29, 0.717) is 11.5 Å². The summed E-state index contributed by atoms with van der Waals surface area (Å²) in [4.78, 5) is 5.35. The zero-order chi connectivity index (χ0) is 11.5. The number of alkyl halides is 3. The first kappa shape index (κ1) is 11.6. The number of pyridine rings is 1. The summed E-state index contributed by atoms with van der Waals surface area (Å²) in [7, 11) is 1.56. The maximum Gasteiger partial charge on any atom is 0.390 e. The highest BCUT2D eigenvalue weighted by Crippen LogP contribution is 2.21. The van der Waals surface area contributed by atoms with Crippen molar-refractivity contribution in [3.8, 4) is 0 Å². The molecule has 1 heterocycles. The van der Waals surface area contributed by atoms with E-state index in [4.69, 9.17) is 5.73 Å². The summed E-state index contributed by atoms with van der Waals surface area (Å²) in [6, 6.07) is 3.19. The van der Waals surface area contributed by atoms with Crippen molar-refractivity contribution in [3.05, 3.63) is 18.3 Å². The summed E-state index contributed by atoms with van der Waals surface area (Å²) >= 11 is 0. The molecule has 0 aliphatic rings. The average Bonchev–Trinajstić information content (AvgIpc) is 2.14. The number of hydrogen-bond donors (Lipinski definition) is 1. The third kappa shape index (κ3) is 4.05. The number of nitrogens with zero attached hydrogens (tertiary/aromatic N) is 2. The van der Waals surface area contributed by atoms with Gasteiger partial charge in [-0.1, -0.05) is 0 Å². The second-order valence-corrected chi connectivity index (χ2v) is 3.24. The predicted molar refractivity (Wildman–Crippen MR) is 52.6 cm³/mol. The van der Waals surface area contributed by atoms with Crippen molar-refractivity contribution in [2.75, 3.05) is 24.2 Å². The van der Waals surface area contributed by atoms with Gasteiger partial charge in [0.05, 0.1) is 18.3 Å². The summed E-state index contributed by atoms with van der Waals surface area (Å²) in [6.45, 7) is -0.111. The van der Waals surface area contributed by atoms with Crippen molar-refractivity contribution in [2.24, 2.45) is 0 Å². The summed E-state index contributed by atoms with van der Waals surface area (Å²) in [6.07, 6.45) is -3.57. The molecule has 2 N–H and O–H groups in total. The van der Waals surface area contributed by atoms with Crippen molar-refractivity contribution in [1.29, 1.82) is 0 Å². The molecule has 0 bridgehead atoms. The number of nitrogens with two attached hydrogens (primary N) is 1. The highest BCUT2D eigenvalue weighted by molar-refractivity contribution is 5.45. The molecule has 0 radical (unpaired) electrons. The molecule has 0 saturated heterocycles. The number of hydrogen-bond acceptors (Lipinski definition) is 3. The fraction of sp³-hybridized carbons (Fsp3) is 0.444. The fourth-order valence-corrected chi connectivity index (χ4v) is 1.03. The largest absolute Gasteiger partial charge is 0.397 e. The minimum absolute atomic E-state index is 0.111. The summed E-state index contributed by atoms with van der Waals surface area (Å²) in [5.41, 5.74) is 5.90. The van der Waals surface area contributed by atoms with Crippen LogP contribution in [0.1, 0.15) is 6.42 Å². The van der Waals surface area contributed by atoms with E-state index in [9.17, 15) is 13.2 Å². The van der Waals surface area contributed by atoms with Crippen molar-refractivity contribution in [3.63, 3.8) is 0 Å². The molecule has 0 aromatic carbocycles. The van der Waals surface area contributed by atoms with Crippen molar-refractivity contribution in [2.45, 2.75) is 12.6 Å². The lowest BCUT2D eigenvalue weighted by Crippen LogP contribution is -2.24. The van der Waals surface area contributed by atoms with Gasteiger partial charge in [-0.15, -0.1) is 0 Å². The first-order valence-corrected chi connectivity index (χ1v) is 4.38. The second kappa shape index (κ2) is 4.37. The molecule has 0 spiro atoms. The van der Waals surface area contributed by atoms with Gasteiger partial charge in [0.15, 0.2) is 0 Å². The standard InChI is InChI=1S/C9H12F3N3/c1-15(5-4-9(10,11)12)8-3-2-7(13)6-14-8/h2-3,6H,4-5,13H2,1H3. The van der Waals surface area contributed by atoms with E-state index < -0.39 is 12.6 Å². The molecule has 1 aromatic heterocycles. The summed E-state index contributed by atoms with van der Waals surface area (Å²) < 4.78 is 35.8. The van der Waals surface area contributed by atoms with E-state index >= 15 is 0 Å². The van der Waals surface area contributed by atoms with Gasteiger partial charge in [0, 0.05) is 13.6 Å².